The Morgan fingerprint density at radius 2 is 2.00 bits per heavy atom. The second-order valence-corrected chi connectivity index (χ2v) is 7.43. The molecule has 154 valence electrons. The second kappa shape index (κ2) is 7.62. The molecule has 1 amide bonds. The minimum Gasteiger partial charge on any atom is -0.344 e. The van der Waals surface area contributed by atoms with E-state index in [9.17, 15) is 9.59 Å². The van der Waals surface area contributed by atoms with Gasteiger partial charge in [-0.1, -0.05) is 12.1 Å². The number of nitrogens with zero attached hydrogens (tertiary/aromatic N) is 4. The summed E-state index contributed by atoms with van der Waals surface area (Å²) in [6.07, 6.45) is 3.29. The van der Waals surface area contributed by atoms with E-state index in [0.717, 1.165) is 23.4 Å². The molecular formula is C22H24N6O2. The molecule has 3 heterocycles. The lowest BCUT2D eigenvalue weighted by atomic mass is 10.1. The van der Waals surface area contributed by atoms with Crippen LogP contribution in [0.1, 0.15) is 47.1 Å². The summed E-state index contributed by atoms with van der Waals surface area (Å²) in [5.74, 6) is 0.183. The van der Waals surface area contributed by atoms with E-state index in [1.165, 1.54) is 10.1 Å². The largest absolute Gasteiger partial charge is 0.344 e. The zero-order valence-electron chi connectivity index (χ0n) is 17.4. The highest BCUT2D eigenvalue weighted by molar-refractivity contribution is 5.95. The molecule has 0 fully saturated rings. The fourth-order valence-electron chi connectivity index (χ4n) is 3.48. The summed E-state index contributed by atoms with van der Waals surface area (Å²) in [6.45, 7) is 8.67. The van der Waals surface area contributed by atoms with Gasteiger partial charge in [0.25, 0.3) is 11.5 Å². The van der Waals surface area contributed by atoms with Crippen LogP contribution in [-0.2, 0) is 6.54 Å². The summed E-state index contributed by atoms with van der Waals surface area (Å²) in [5, 5.41) is 11.7. The van der Waals surface area contributed by atoms with E-state index < -0.39 is 0 Å². The molecule has 3 aromatic heterocycles. The highest BCUT2D eigenvalue weighted by Crippen LogP contribution is 2.19. The van der Waals surface area contributed by atoms with Crippen molar-refractivity contribution in [1.29, 1.82) is 0 Å². The van der Waals surface area contributed by atoms with Crippen LogP contribution in [0.3, 0.4) is 0 Å². The smallest absolute Gasteiger partial charge is 0.275 e. The van der Waals surface area contributed by atoms with Crippen LogP contribution in [0.25, 0.3) is 16.9 Å². The highest BCUT2D eigenvalue weighted by Gasteiger charge is 2.17. The molecule has 0 saturated carbocycles. The van der Waals surface area contributed by atoms with E-state index in [-0.39, 0.29) is 17.5 Å². The third kappa shape index (κ3) is 3.52. The monoisotopic (exact) mass is 404 g/mol. The Kier molecular flexibility index (Phi) is 4.99. The lowest BCUT2D eigenvalue weighted by Crippen LogP contribution is -2.28. The van der Waals surface area contributed by atoms with E-state index in [2.05, 4.69) is 20.5 Å². The van der Waals surface area contributed by atoms with E-state index in [4.69, 9.17) is 0 Å². The third-order valence-corrected chi connectivity index (χ3v) is 5.36. The molecule has 4 aromatic rings. The summed E-state index contributed by atoms with van der Waals surface area (Å²) >= 11 is 0. The van der Waals surface area contributed by atoms with Crippen LogP contribution in [-0.4, -0.2) is 30.3 Å². The number of aryl methyl sites for hydroxylation is 3. The Hall–Kier alpha value is -3.68. The van der Waals surface area contributed by atoms with Gasteiger partial charge in [-0.05, 0) is 57.0 Å². The van der Waals surface area contributed by atoms with Gasteiger partial charge in [0.05, 0.1) is 17.3 Å². The van der Waals surface area contributed by atoms with Crippen molar-refractivity contribution in [2.24, 2.45) is 0 Å². The maximum atomic E-state index is 12.8. The van der Waals surface area contributed by atoms with Gasteiger partial charge in [-0.25, -0.2) is 4.52 Å². The molecule has 0 aliphatic heterocycles. The molecule has 2 N–H and O–H groups in total. The standard InChI is InChI=1S/C22H24N6O2/c1-5-27-18(8-9-23-27)15(4)24-21(29)17-11-19-22(30)25-20(26-28(19)12-17)16-7-6-13(2)14(3)10-16/h6-12,15H,5H2,1-4H3,(H,24,29)(H,25,26,30). The van der Waals surface area contributed by atoms with Crippen LogP contribution in [0.5, 0.6) is 0 Å². The summed E-state index contributed by atoms with van der Waals surface area (Å²) in [7, 11) is 0. The number of aromatic nitrogens is 5. The first-order valence-corrected chi connectivity index (χ1v) is 9.90. The van der Waals surface area contributed by atoms with Crippen molar-refractivity contribution in [3.63, 3.8) is 0 Å². The number of nitrogens with one attached hydrogen (secondary N) is 2. The van der Waals surface area contributed by atoms with Gasteiger partial charge >= 0.3 is 0 Å². The molecule has 0 saturated heterocycles. The summed E-state index contributed by atoms with van der Waals surface area (Å²) in [5.41, 5.74) is 4.41. The van der Waals surface area contributed by atoms with Gasteiger partial charge in [0, 0.05) is 24.5 Å². The molecule has 1 unspecified atom stereocenters. The van der Waals surface area contributed by atoms with Crippen molar-refractivity contribution in [2.75, 3.05) is 0 Å². The first-order chi connectivity index (χ1) is 14.4. The van der Waals surface area contributed by atoms with Crippen molar-refractivity contribution >= 4 is 11.4 Å². The van der Waals surface area contributed by atoms with Crippen molar-refractivity contribution in [1.82, 2.24) is 29.7 Å². The molecular weight excluding hydrogens is 380 g/mol. The molecule has 1 atom stereocenters. The maximum absolute atomic E-state index is 12.8. The molecule has 8 nitrogen and oxygen atoms in total. The van der Waals surface area contributed by atoms with Gasteiger partial charge in [-0.2, -0.15) is 5.10 Å². The van der Waals surface area contributed by atoms with Crippen molar-refractivity contribution in [2.45, 2.75) is 40.3 Å². The van der Waals surface area contributed by atoms with Crippen LogP contribution < -0.4 is 10.9 Å². The van der Waals surface area contributed by atoms with Crippen LogP contribution in [0, 0.1) is 13.8 Å². The Balaban J connectivity index is 1.64. The second-order valence-electron chi connectivity index (χ2n) is 7.43. The average Bonchev–Trinajstić information content (AvgIpc) is 3.37. The number of H-pyrrole nitrogens is 1. The molecule has 1 aromatic carbocycles. The molecule has 0 spiro atoms. The molecule has 0 radical (unpaired) electrons. The van der Waals surface area contributed by atoms with Gasteiger partial charge in [-0.3, -0.25) is 14.3 Å². The van der Waals surface area contributed by atoms with E-state index in [1.54, 1.807) is 18.5 Å². The fraction of sp³-hybridized carbons (Fsp3) is 0.273. The van der Waals surface area contributed by atoms with E-state index in [0.29, 0.717) is 16.9 Å². The van der Waals surface area contributed by atoms with E-state index >= 15 is 0 Å². The zero-order chi connectivity index (χ0) is 21.4. The lowest BCUT2D eigenvalue weighted by molar-refractivity contribution is 0.0938. The summed E-state index contributed by atoms with van der Waals surface area (Å²) < 4.78 is 3.29. The third-order valence-electron chi connectivity index (χ3n) is 5.36. The fourth-order valence-corrected chi connectivity index (χ4v) is 3.48. The number of aromatic amines is 1. The molecule has 0 aliphatic carbocycles. The average molecular weight is 404 g/mol. The summed E-state index contributed by atoms with van der Waals surface area (Å²) in [6, 6.07) is 9.10. The van der Waals surface area contributed by atoms with Crippen LogP contribution >= 0.6 is 0 Å². The Morgan fingerprint density at radius 3 is 2.73 bits per heavy atom. The highest BCUT2D eigenvalue weighted by atomic mass is 16.2. The quantitative estimate of drug-likeness (QED) is 0.534. The Labute approximate surface area is 173 Å². The van der Waals surface area contributed by atoms with Crippen LogP contribution in [0.4, 0.5) is 0 Å². The van der Waals surface area contributed by atoms with Gasteiger partial charge in [-0.15, -0.1) is 5.10 Å². The molecule has 0 bridgehead atoms. The van der Waals surface area contributed by atoms with Gasteiger partial charge in [0.1, 0.15) is 5.52 Å². The predicted octanol–water partition coefficient (Wildman–Crippen LogP) is 3.01. The molecule has 4 rings (SSSR count). The van der Waals surface area contributed by atoms with Crippen LogP contribution in [0.15, 0.2) is 47.5 Å². The van der Waals surface area contributed by atoms with Crippen molar-refractivity contribution in [3.05, 3.63) is 75.5 Å². The lowest BCUT2D eigenvalue weighted by Gasteiger charge is -2.14. The summed E-state index contributed by atoms with van der Waals surface area (Å²) in [4.78, 5) is 28.2. The minimum absolute atomic E-state index is 0.222. The number of amides is 1. The number of rotatable bonds is 5. The number of fused-ring (bicyclic) bond motifs is 1. The number of carbonyl (C=O) groups is 1. The normalized spacial score (nSPS) is 12.3. The Bertz CT molecular complexity index is 1300. The molecule has 30 heavy (non-hydrogen) atoms. The van der Waals surface area contributed by atoms with Crippen molar-refractivity contribution in [3.8, 4) is 11.4 Å². The molecule has 0 aliphatic rings. The van der Waals surface area contributed by atoms with Crippen LogP contribution in [0.2, 0.25) is 0 Å². The first kappa shape index (κ1) is 19.6. The number of hydrogen-bond donors (Lipinski definition) is 2. The van der Waals surface area contributed by atoms with Gasteiger partial charge < -0.3 is 10.3 Å². The predicted molar refractivity (Wildman–Crippen MR) is 115 cm³/mol. The number of carbonyl (C=O) groups excluding carboxylic acids is 1. The zero-order valence-corrected chi connectivity index (χ0v) is 17.4. The van der Waals surface area contributed by atoms with Crippen molar-refractivity contribution < 1.29 is 4.79 Å². The molecule has 8 heteroatoms. The number of benzene rings is 1. The topological polar surface area (TPSA) is 97.1 Å². The van der Waals surface area contributed by atoms with E-state index in [1.807, 2.05) is 56.6 Å². The van der Waals surface area contributed by atoms with Gasteiger partial charge in [0.2, 0.25) is 0 Å². The Morgan fingerprint density at radius 1 is 1.20 bits per heavy atom. The van der Waals surface area contributed by atoms with Gasteiger partial charge in [0.15, 0.2) is 5.82 Å². The first-order valence-electron chi connectivity index (χ1n) is 9.90. The number of hydrogen-bond acceptors (Lipinski definition) is 4. The minimum atomic E-state index is -0.297. The SMILES string of the molecule is CCn1nccc1C(C)NC(=O)c1cc2c(=O)[nH]c(-c3ccc(C)c(C)c3)nn2c1. The maximum Gasteiger partial charge on any atom is 0.275 e.